The van der Waals surface area contributed by atoms with Crippen molar-refractivity contribution < 1.29 is 39.9 Å². The second-order valence-electron chi connectivity index (χ2n) is 8.01. The van der Waals surface area contributed by atoms with Crippen LogP contribution in [0.15, 0.2) is 28.1 Å². The van der Waals surface area contributed by atoms with Crippen molar-refractivity contribution in [3.63, 3.8) is 0 Å². The predicted octanol–water partition coefficient (Wildman–Crippen LogP) is -5.58. The van der Waals surface area contributed by atoms with Crippen LogP contribution in [0.3, 0.4) is 0 Å². The highest BCUT2D eigenvalue weighted by Crippen LogP contribution is 2.31. The second-order valence-corrected chi connectivity index (χ2v) is 8.01. The highest BCUT2D eigenvalue weighted by Gasteiger charge is 2.52. The largest absolute Gasteiger partial charge is 0.479 e. The summed E-state index contributed by atoms with van der Waals surface area (Å²) in [5.41, 5.74) is 17.8. The third-order valence-electron chi connectivity index (χ3n) is 5.32. The number of carboxylic acid groups (broad SMARTS) is 1. The number of guanidine groups is 1. The standard InChI is InChI=1S/C19H30N8O9/c20-10(7-29)15(31)25-11-1-2-12(27-5-8(6-28)14(21)26-18(27)34)36-13(11)19(35,16(32)33)3-9(30)4-24-17(22)23/h1-2,5,9-13,28-30,35H,3-4,6-7,20H2,(H,25,31)(H,32,33)(H2,21,26,34)(H4,22,23,24)/t9-,10-,11-,12+,13+,19+/m0/s1. The molecule has 0 fully saturated rings. The van der Waals surface area contributed by atoms with Gasteiger partial charge in [0.2, 0.25) is 5.91 Å². The van der Waals surface area contributed by atoms with Crippen molar-refractivity contribution in [3.05, 3.63) is 34.4 Å². The lowest BCUT2D eigenvalue weighted by Gasteiger charge is -2.41. The van der Waals surface area contributed by atoms with E-state index in [9.17, 15) is 34.8 Å². The number of nitrogens with one attached hydrogen (secondary N) is 1. The van der Waals surface area contributed by atoms with E-state index in [2.05, 4.69) is 15.3 Å². The third-order valence-corrected chi connectivity index (χ3v) is 5.32. The van der Waals surface area contributed by atoms with Gasteiger partial charge in [0.25, 0.3) is 0 Å². The number of nitrogens with zero attached hydrogens (tertiary/aromatic N) is 3. The van der Waals surface area contributed by atoms with E-state index >= 15 is 0 Å². The van der Waals surface area contributed by atoms with E-state index in [4.69, 9.17) is 32.8 Å². The van der Waals surface area contributed by atoms with E-state index in [0.717, 1.165) is 10.8 Å². The Hall–Kier alpha value is -3.61. The molecule has 200 valence electrons. The lowest BCUT2D eigenvalue weighted by molar-refractivity contribution is -0.197. The summed E-state index contributed by atoms with van der Waals surface area (Å²) < 4.78 is 6.62. The molecule has 1 aliphatic heterocycles. The van der Waals surface area contributed by atoms with Gasteiger partial charge in [-0.05, 0) is 6.08 Å². The number of aliphatic hydroxyl groups is 4. The van der Waals surface area contributed by atoms with Gasteiger partial charge in [-0.15, -0.1) is 0 Å². The molecule has 1 amide bonds. The molecule has 1 aliphatic rings. The molecule has 0 bridgehead atoms. The molecule has 14 N–H and O–H groups in total. The number of nitrogens with two attached hydrogens (primary N) is 4. The number of aliphatic hydroxyl groups excluding tert-OH is 3. The van der Waals surface area contributed by atoms with Gasteiger partial charge in [-0.2, -0.15) is 4.98 Å². The Morgan fingerprint density at radius 2 is 1.97 bits per heavy atom. The van der Waals surface area contributed by atoms with Gasteiger partial charge in [-0.25, -0.2) is 9.59 Å². The minimum atomic E-state index is -2.87. The lowest BCUT2D eigenvalue weighted by atomic mass is 9.84. The van der Waals surface area contributed by atoms with Crippen LogP contribution in [0, 0.1) is 0 Å². The van der Waals surface area contributed by atoms with E-state index in [1.807, 2.05) is 0 Å². The Balaban J connectivity index is 2.52. The highest BCUT2D eigenvalue weighted by molar-refractivity contribution is 5.83. The van der Waals surface area contributed by atoms with E-state index in [-0.39, 0.29) is 17.3 Å². The first kappa shape index (κ1) is 28.6. The monoisotopic (exact) mass is 514 g/mol. The topological polar surface area (TPSA) is 308 Å². The van der Waals surface area contributed by atoms with Crippen LogP contribution in [0.2, 0.25) is 0 Å². The normalized spacial score (nSPS) is 22.8. The van der Waals surface area contributed by atoms with Crippen LogP contribution in [0.1, 0.15) is 18.2 Å². The minimum Gasteiger partial charge on any atom is -0.479 e. The maximum absolute atomic E-state index is 12.4. The van der Waals surface area contributed by atoms with Crippen molar-refractivity contribution in [1.82, 2.24) is 14.9 Å². The van der Waals surface area contributed by atoms with Crippen LogP contribution in [0.5, 0.6) is 0 Å². The molecule has 17 heteroatoms. The number of carbonyl (C=O) groups is 2. The summed E-state index contributed by atoms with van der Waals surface area (Å²) in [5.74, 6) is -3.36. The van der Waals surface area contributed by atoms with Gasteiger partial charge in [0.1, 0.15) is 18.0 Å². The van der Waals surface area contributed by atoms with E-state index in [1.165, 1.54) is 12.2 Å². The molecule has 0 saturated heterocycles. The number of anilines is 1. The number of hydrogen-bond acceptors (Lipinski definition) is 12. The zero-order valence-electron chi connectivity index (χ0n) is 19.0. The summed E-state index contributed by atoms with van der Waals surface area (Å²) >= 11 is 0. The second kappa shape index (κ2) is 11.9. The Morgan fingerprint density at radius 3 is 2.53 bits per heavy atom. The highest BCUT2D eigenvalue weighted by atomic mass is 16.5. The summed E-state index contributed by atoms with van der Waals surface area (Å²) in [4.78, 5) is 44.1. The van der Waals surface area contributed by atoms with Crippen LogP contribution in [-0.4, -0.2) is 96.0 Å². The van der Waals surface area contributed by atoms with E-state index < -0.39 is 79.9 Å². The molecular formula is C19H30N8O9. The van der Waals surface area contributed by atoms with E-state index in [0.29, 0.717) is 0 Å². The van der Waals surface area contributed by atoms with Gasteiger partial charge >= 0.3 is 11.7 Å². The number of rotatable bonds is 11. The maximum atomic E-state index is 12.4. The van der Waals surface area contributed by atoms with Gasteiger partial charge in [-0.3, -0.25) is 14.4 Å². The third kappa shape index (κ3) is 6.53. The molecule has 2 rings (SSSR count). The van der Waals surface area contributed by atoms with Crippen LogP contribution in [0.4, 0.5) is 5.82 Å². The Morgan fingerprint density at radius 1 is 1.31 bits per heavy atom. The number of amides is 1. The van der Waals surface area contributed by atoms with Crippen molar-refractivity contribution >= 4 is 23.7 Å². The van der Waals surface area contributed by atoms with Crippen molar-refractivity contribution in [2.24, 2.45) is 22.2 Å². The molecule has 0 saturated carbocycles. The number of aromatic nitrogens is 2. The fraction of sp³-hybridized carbons (Fsp3) is 0.526. The van der Waals surface area contributed by atoms with Gasteiger partial charge in [-0.1, -0.05) is 6.08 Å². The molecule has 0 aromatic carbocycles. The number of hydrogen-bond donors (Lipinski definition) is 10. The molecule has 6 atom stereocenters. The van der Waals surface area contributed by atoms with Crippen molar-refractivity contribution in [2.75, 3.05) is 18.9 Å². The number of nitrogen functional groups attached to an aromatic ring is 1. The molecule has 0 radical (unpaired) electrons. The lowest BCUT2D eigenvalue weighted by Crippen LogP contribution is -2.63. The maximum Gasteiger partial charge on any atom is 0.351 e. The van der Waals surface area contributed by atoms with Gasteiger partial charge in [0, 0.05) is 18.2 Å². The molecule has 17 nitrogen and oxygen atoms in total. The summed E-state index contributed by atoms with van der Waals surface area (Å²) in [6.45, 7) is -1.77. The van der Waals surface area contributed by atoms with Gasteiger partial charge in [0.05, 0.1) is 31.9 Å². The quantitative estimate of drug-likeness (QED) is 0.0748. The van der Waals surface area contributed by atoms with Crippen molar-refractivity contribution in [2.45, 2.75) is 49.1 Å². The SMILES string of the molecule is NC(N)=NC[C@@H](O)C[C@](O)(C(=O)O)[C@@H]1O[C@@H](n2cc(CO)c(N)nc2=O)C=C[C@@H]1NC(=O)[C@@H](N)CO. The number of aliphatic imine (C=N–C) groups is 1. The fourth-order valence-corrected chi connectivity index (χ4v) is 3.43. The van der Waals surface area contributed by atoms with Gasteiger partial charge in [0.15, 0.2) is 17.8 Å². The first-order valence-electron chi connectivity index (χ1n) is 10.5. The molecule has 0 aliphatic carbocycles. The number of carboxylic acids is 1. The van der Waals surface area contributed by atoms with Crippen molar-refractivity contribution in [3.8, 4) is 0 Å². The first-order chi connectivity index (χ1) is 16.8. The number of ether oxygens (including phenoxy) is 1. The Kier molecular flexibility index (Phi) is 9.45. The average Bonchev–Trinajstić information content (AvgIpc) is 2.82. The van der Waals surface area contributed by atoms with Gasteiger partial charge < -0.3 is 58.5 Å². The van der Waals surface area contributed by atoms with Crippen LogP contribution < -0.4 is 33.9 Å². The molecule has 0 unspecified atom stereocenters. The Bertz CT molecular complexity index is 1070. The molecule has 1 aromatic rings. The van der Waals surface area contributed by atoms with Crippen LogP contribution in [-0.2, 0) is 20.9 Å². The number of carbonyl (C=O) groups excluding carboxylic acids is 1. The molecule has 1 aromatic heterocycles. The smallest absolute Gasteiger partial charge is 0.351 e. The molecule has 2 heterocycles. The summed E-state index contributed by atoms with van der Waals surface area (Å²) in [7, 11) is 0. The van der Waals surface area contributed by atoms with Crippen molar-refractivity contribution in [1.29, 1.82) is 0 Å². The molecular weight excluding hydrogens is 484 g/mol. The molecule has 0 spiro atoms. The minimum absolute atomic E-state index is 0.0636. The zero-order chi connectivity index (χ0) is 27.2. The predicted molar refractivity (Wildman–Crippen MR) is 123 cm³/mol. The van der Waals surface area contributed by atoms with E-state index in [1.54, 1.807) is 0 Å². The average molecular weight is 514 g/mol. The summed E-state index contributed by atoms with van der Waals surface area (Å²) in [6, 6.07) is -2.73. The summed E-state index contributed by atoms with van der Waals surface area (Å²) in [5, 5.41) is 52.3. The number of aliphatic carboxylic acids is 1. The zero-order valence-corrected chi connectivity index (χ0v) is 19.0. The Labute approximate surface area is 203 Å². The fourth-order valence-electron chi connectivity index (χ4n) is 3.43. The van der Waals surface area contributed by atoms with Crippen LogP contribution >= 0.6 is 0 Å². The summed E-state index contributed by atoms with van der Waals surface area (Å²) in [6.07, 6.45) is -2.01. The van der Waals surface area contributed by atoms with Crippen LogP contribution in [0.25, 0.3) is 0 Å². The molecule has 36 heavy (non-hydrogen) atoms. The first-order valence-corrected chi connectivity index (χ1v) is 10.5.